The quantitative estimate of drug-likeness (QED) is 0.866. The maximum atomic E-state index is 12.6. The first-order chi connectivity index (χ1) is 9.46. The zero-order valence-corrected chi connectivity index (χ0v) is 11.9. The average Bonchev–Trinajstić information content (AvgIpc) is 2.47. The number of hydrogen-bond donors (Lipinski definition) is 0. The Labute approximate surface area is 118 Å². The van der Waals surface area contributed by atoms with Crippen LogP contribution in [0.2, 0.25) is 0 Å². The summed E-state index contributed by atoms with van der Waals surface area (Å²) >= 11 is 0. The normalized spacial score (nSPS) is 10.8. The van der Waals surface area contributed by atoms with Crippen LogP contribution in [0.3, 0.4) is 0 Å². The van der Waals surface area contributed by atoms with Crippen molar-refractivity contribution in [3.8, 4) is 6.07 Å². The van der Waals surface area contributed by atoms with Crippen LogP contribution in [-0.2, 0) is 10.0 Å². The molecule has 0 N–H and O–H groups in total. The molecule has 0 amide bonds. The van der Waals surface area contributed by atoms with E-state index in [2.05, 4.69) is 4.98 Å². The lowest BCUT2D eigenvalue weighted by molar-refractivity contribution is 0.593. The van der Waals surface area contributed by atoms with E-state index in [1.165, 1.54) is 29.8 Å². The second-order valence-electron chi connectivity index (χ2n) is 4.27. The lowest BCUT2D eigenvalue weighted by Crippen LogP contribution is -2.27. The van der Waals surface area contributed by atoms with Gasteiger partial charge in [0.05, 0.1) is 22.2 Å². The molecule has 1 heterocycles. The highest BCUT2D eigenvalue weighted by Gasteiger charge is 2.23. The van der Waals surface area contributed by atoms with Gasteiger partial charge in [0.15, 0.2) is 0 Å². The van der Waals surface area contributed by atoms with Crippen molar-refractivity contribution in [2.45, 2.75) is 11.8 Å². The Bertz CT molecular complexity index is 765. The van der Waals surface area contributed by atoms with Crippen molar-refractivity contribution in [1.29, 1.82) is 5.26 Å². The van der Waals surface area contributed by atoms with Gasteiger partial charge in [-0.25, -0.2) is 8.42 Å². The number of pyridine rings is 1. The molecule has 0 fully saturated rings. The Kier molecular flexibility index (Phi) is 3.72. The van der Waals surface area contributed by atoms with E-state index >= 15 is 0 Å². The summed E-state index contributed by atoms with van der Waals surface area (Å²) < 4.78 is 26.4. The highest BCUT2D eigenvalue weighted by Crippen LogP contribution is 2.24. The van der Waals surface area contributed by atoms with E-state index in [1.54, 1.807) is 31.2 Å². The second-order valence-corrected chi connectivity index (χ2v) is 6.21. The van der Waals surface area contributed by atoms with Gasteiger partial charge in [-0.05, 0) is 36.8 Å². The van der Waals surface area contributed by atoms with Crippen molar-refractivity contribution < 1.29 is 8.42 Å². The van der Waals surface area contributed by atoms with Gasteiger partial charge in [-0.15, -0.1) is 0 Å². The number of aryl methyl sites for hydroxylation is 1. The molecule has 2 aromatic rings. The molecule has 102 valence electrons. The summed E-state index contributed by atoms with van der Waals surface area (Å²) in [5, 5.41) is 8.91. The maximum Gasteiger partial charge on any atom is 0.264 e. The molecule has 0 atom stereocenters. The third-order valence-electron chi connectivity index (χ3n) is 2.98. The highest BCUT2D eigenvalue weighted by molar-refractivity contribution is 7.92. The Morgan fingerprint density at radius 1 is 1.20 bits per heavy atom. The number of rotatable bonds is 3. The van der Waals surface area contributed by atoms with Crippen molar-refractivity contribution in [1.82, 2.24) is 4.98 Å². The Balaban J connectivity index is 2.54. The van der Waals surface area contributed by atoms with E-state index in [1.807, 2.05) is 6.07 Å². The van der Waals surface area contributed by atoms with Crippen LogP contribution in [0, 0.1) is 18.3 Å². The first kappa shape index (κ1) is 14.0. The van der Waals surface area contributed by atoms with Crippen LogP contribution in [0.15, 0.2) is 47.6 Å². The van der Waals surface area contributed by atoms with Crippen LogP contribution in [0.1, 0.15) is 11.1 Å². The molecule has 0 aliphatic heterocycles. The number of benzene rings is 1. The molecule has 0 saturated carbocycles. The van der Waals surface area contributed by atoms with Crippen LogP contribution < -0.4 is 4.31 Å². The van der Waals surface area contributed by atoms with E-state index in [0.29, 0.717) is 16.8 Å². The van der Waals surface area contributed by atoms with Crippen LogP contribution in [-0.4, -0.2) is 20.4 Å². The summed E-state index contributed by atoms with van der Waals surface area (Å²) in [7, 11) is -2.23. The molecule has 0 aliphatic carbocycles. The zero-order valence-electron chi connectivity index (χ0n) is 11.1. The van der Waals surface area contributed by atoms with Gasteiger partial charge in [-0.2, -0.15) is 5.26 Å². The van der Waals surface area contributed by atoms with Crippen molar-refractivity contribution in [3.63, 3.8) is 0 Å². The monoisotopic (exact) mass is 287 g/mol. The van der Waals surface area contributed by atoms with E-state index in [-0.39, 0.29) is 4.90 Å². The largest absolute Gasteiger partial charge is 0.269 e. The minimum absolute atomic E-state index is 0.135. The number of aromatic nitrogens is 1. The van der Waals surface area contributed by atoms with E-state index in [4.69, 9.17) is 5.26 Å². The molecule has 5 nitrogen and oxygen atoms in total. The van der Waals surface area contributed by atoms with Gasteiger partial charge < -0.3 is 0 Å². The van der Waals surface area contributed by atoms with Crippen molar-refractivity contribution in [3.05, 3.63) is 53.9 Å². The number of nitrogens with zero attached hydrogens (tertiary/aromatic N) is 3. The molecule has 0 saturated heterocycles. The zero-order chi connectivity index (χ0) is 14.8. The van der Waals surface area contributed by atoms with Gasteiger partial charge in [0.1, 0.15) is 0 Å². The number of nitriles is 1. The van der Waals surface area contributed by atoms with E-state index in [9.17, 15) is 8.42 Å². The molecular weight excluding hydrogens is 274 g/mol. The summed E-state index contributed by atoms with van der Waals surface area (Å²) in [6, 6.07) is 9.80. The number of sulfonamides is 1. The Morgan fingerprint density at radius 2 is 1.85 bits per heavy atom. The topological polar surface area (TPSA) is 74.1 Å². The molecule has 6 heteroatoms. The predicted octanol–water partition coefficient (Wildman–Crippen LogP) is 2.09. The predicted molar refractivity (Wildman–Crippen MR) is 75.7 cm³/mol. The first-order valence-corrected chi connectivity index (χ1v) is 7.30. The van der Waals surface area contributed by atoms with E-state index < -0.39 is 10.0 Å². The molecular formula is C14H13N3O2S. The smallest absolute Gasteiger partial charge is 0.264 e. The SMILES string of the molecule is Cc1ccc(C#N)cc1S(=O)(=O)N(C)c1ccncc1. The van der Waals surface area contributed by atoms with Gasteiger partial charge in [-0.3, -0.25) is 9.29 Å². The van der Waals surface area contributed by atoms with Gasteiger partial charge in [0.2, 0.25) is 0 Å². The molecule has 0 unspecified atom stereocenters. The first-order valence-electron chi connectivity index (χ1n) is 5.86. The molecule has 2 rings (SSSR count). The summed E-state index contributed by atoms with van der Waals surface area (Å²) in [5.41, 5.74) is 1.43. The lowest BCUT2D eigenvalue weighted by Gasteiger charge is -2.20. The van der Waals surface area contributed by atoms with Gasteiger partial charge in [0.25, 0.3) is 10.0 Å². The molecule has 0 bridgehead atoms. The third-order valence-corrected chi connectivity index (χ3v) is 4.91. The third kappa shape index (κ3) is 2.49. The van der Waals surface area contributed by atoms with Gasteiger partial charge >= 0.3 is 0 Å². The summed E-state index contributed by atoms with van der Waals surface area (Å²) in [6.07, 6.45) is 3.06. The molecule has 20 heavy (non-hydrogen) atoms. The van der Waals surface area contributed by atoms with Crippen LogP contribution in [0.4, 0.5) is 5.69 Å². The molecule has 1 aromatic carbocycles. The number of anilines is 1. The van der Waals surface area contributed by atoms with Crippen LogP contribution >= 0.6 is 0 Å². The van der Waals surface area contributed by atoms with Gasteiger partial charge in [-0.1, -0.05) is 6.07 Å². The fourth-order valence-electron chi connectivity index (χ4n) is 1.79. The fourth-order valence-corrected chi connectivity index (χ4v) is 3.23. The Morgan fingerprint density at radius 3 is 2.45 bits per heavy atom. The number of hydrogen-bond acceptors (Lipinski definition) is 4. The lowest BCUT2D eigenvalue weighted by atomic mass is 10.2. The van der Waals surface area contributed by atoms with Crippen molar-refractivity contribution in [2.75, 3.05) is 11.4 Å². The molecule has 1 aromatic heterocycles. The summed E-state index contributed by atoms with van der Waals surface area (Å²) in [5.74, 6) is 0. The maximum absolute atomic E-state index is 12.6. The van der Waals surface area contributed by atoms with Crippen molar-refractivity contribution >= 4 is 15.7 Å². The van der Waals surface area contributed by atoms with E-state index in [0.717, 1.165) is 0 Å². The second kappa shape index (κ2) is 5.31. The van der Waals surface area contributed by atoms with Crippen LogP contribution in [0.5, 0.6) is 0 Å². The molecule has 0 radical (unpaired) electrons. The minimum Gasteiger partial charge on any atom is -0.269 e. The Hall–Kier alpha value is -2.39. The minimum atomic E-state index is -3.70. The molecule has 0 spiro atoms. The fraction of sp³-hybridized carbons (Fsp3) is 0.143. The average molecular weight is 287 g/mol. The van der Waals surface area contributed by atoms with Crippen LogP contribution in [0.25, 0.3) is 0 Å². The molecule has 0 aliphatic rings. The summed E-state index contributed by atoms with van der Waals surface area (Å²) in [4.78, 5) is 4.00. The van der Waals surface area contributed by atoms with Crippen molar-refractivity contribution in [2.24, 2.45) is 0 Å². The standard InChI is InChI=1S/C14H13N3O2S/c1-11-3-4-12(10-15)9-14(11)20(18,19)17(2)13-5-7-16-8-6-13/h3-9H,1-2H3. The summed E-state index contributed by atoms with van der Waals surface area (Å²) in [6.45, 7) is 1.70. The van der Waals surface area contributed by atoms with Gasteiger partial charge in [0, 0.05) is 19.4 Å². The highest BCUT2D eigenvalue weighted by atomic mass is 32.2.